The van der Waals surface area contributed by atoms with E-state index in [2.05, 4.69) is 10.3 Å². The Morgan fingerprint density at radius 3 is 2.94 bits per heavy atom. The van der Waals surface area contributed by atoms with Gasteiger partial charge >= 0.3 is 0 Å². The molecule has 0 spiro atoms. The smallest absolute Gasteiger partial charge is 0.270 e. The highest BCUT2D eigenvalue weighted by atomic mass is 19.1. The molecule has 1 aliphatic rings. The first kappa shape index (κ1) is 13.0. The molecule has 0 saturated heterocycles. The molecule has 0 aromatic carbocycles. The molecule has 98 valence electrons. The van der Waals surface area contributed by atoms with Crippen molar-refractivity contribution in [1.29, 1.82) is 0 Å². The van der Waals surface area contributed by atoms with E-state index in [1.54, 1.807) is 0 Å². The molecule has 0 radical (unpaired) electrons. The van der Waals surface area contributed by atoms with Crippen LogP contribution in [0.5, 0.6) is 0 Å². The average Bonchev–Trinajstić information content (AvgIpc) is 2.87. The largest absolute Gasteiger partial charge is 0.376 e. The molecule has 0 unspecified atom stereocenters. The van der Waals surface area contributed by atoms with E-state index in [1.165, 1.54) is 31.0 Å². The minimum atomic E-state index is -0.648. The minimum absolute atomic E-state index is 0.0934. The van der Waals surface area contributed by atoms with E-state index in [4.69, 9.17) is 4.74 Å². The van der Waals surface area contributed by atoms with Crippen molar-refractivity contribution in [2.75, 3.05) is 13.2 Å². The Bertz CT molecular complexity index is 406. The number of amides is 1. The molecule has 1 aromatic rings. The molecule has 1 heterocycles. The van der Waals surface area contributed by atoms with Gasteiger partial charge in [-0.2, -0.15) is 4.39 Å². The van der Waals surface area contributed by atoms with Gasteiger partial charge in [0.05, 0.1) is 12.7 Å². The molecule has 1 fully saturated rings. The van der Waals surface area contributed by atoms with E-state index in [-0.39, 0.29) is 11.6 Å². The lowest BCUT2D eigenvalue weighted by Gasteiger charge is -2.11. The molecule has 5 heteroatoms. The summed E-state index contributed by atoms with van der Waals surface area (Å²) < 4.78 is 18.4. The van der Waals surface area contributed by atoms with Crippen molar-refractivity contribution in [2.45, 2.75) is 31.8 Å². The third-order valence-electron chi connectivity index (χ3n) is 2.99. The van der Waals surface area contributed by atoms with Crippen LogP contribution in [0.3, 0.4) is 0 Å². The average molecular weight is 252 g/mol. The van der Waals surface area contributed by atoms with Gasteiger partial charge in [-0.25, -0.2) is 4.98 Å². The lowest BCUT2D eigenvalue weighted by atomic mass is 10.3. The Morgan fingerprint density at radius 2 is 2.22 bits per heavy atom. The van der Waals surface area contributed by atoms with Crippen LogP contribution in [0.4, 0.5) is 4.39 Å². The number of halogens is 1. The molecule has 0 aliphatic heterocycles. The molecular weight excluding hydrogens is 235 g/mol. The molecule has 1 aromatic heterocycles. The quantitative estimate of drug-likeness (QED) is 0.643. The first-order chi connectivity index (χ1) is 8.75. The van der Waals surface area contributed by atoms with E-state index >= 15 is 0 Å². The maximum absolute atomic E-state index is 12.8. The lowest BCUT2D eigenvalue weighted by molar-refractivity contribution is 0.0581. The standard InChI is InChI=1S/C13H17FN2O2/c14-12-7-3-6-11(16-12)13(17)15-8-9-18-10-4-1-2-5-10/h3,6-7,10H,1-2,4-5,8-9H2,(H,15,17). The second-order valence-corrected chi connectivity index (χ2v) is 4.38. The van der Waals surface area contributed by atoms with Crippen molar-refractivity contribution in [1.82, 2.24) is 10.3 Å². The summed E-state index contributed by atoms with van der Waals surface area (Å²) in [6, 6.07) is 4.16. The zero-order chi connectivity index (χ0) is 12.8. The summed E-state index contributed by atoms with van der Waals surface area (Å²) >= 11 is 0. The minimum Gasteiger partial charge on any atom is -0.376 e. The van der Waals surface area contributed by atoms with Gasteiger partial charge in [-0.3, -0.25) is 4.79 Å². The third-order valence-corrected chi connectivity index (χ3v) is 2.99. The molecule has 1 amide bonds. The molecule has 0 bridgehead atoms. The van der Waals surface area contributed by atoms with Crippen LogP contribution in [0.25, 0.3) is 0 Å². The van der Waals surface area contributed by atoms with Crippen molar-refractivity contribution < 1.29 is 13.9 Å². The highest BCUT2D eigenvalue weighted by molar-refractivity contribution is 5.92. The zero-order valence-corrected chi connectivity index (χ0v) is 10.2. The first-order valence-electron chi connectivity index (χ1n) is 6.28. The Hall–Kier alpha value is -1.49. The van der Waals surface area contributed by atoms with Crippen molar-refractivity contribution >= 4 is 5.91 Å². The molecule has 4 nitrogen and oxygen atoms in total. The molecule has 1 aliphatic carbocycles. The fourth-order valence-corrected chi connectivity index (χ4v) is 2.07. The normalized spacial score (nSPS) is 15.8. The maximum atomic E-state index is 12.8. The van der Waals surface area contributed by atoms with Gasteiger partial charge in [-0.1, -0.05) is 18.9 Å². The predicted molar refractivity (Wildman–Crippen MR) is 64.7 cm³/mol. The summed E-state index contributed by atoms with van der Waals surface area (Å²) in [7, 11) is 0. The fourth-order valence-electron chi connectivity index (χ4n) is 2.07. The summed E-state index contributed by atoms with van der Waals surface area (Å²) in [5.41, 5.74) is 0.0934. The Kier molecular flexibility index (Phi) is 4.64. The van der Waals surface area contributed by atoms with E-state index < -0.39 is 5.95 Å². The summed E-state index contributed by atoms with van der Waals surface area (Å²) in [6.07, 6.45) is 5.02. The van der Waals surface area contributed by atoms with Crippen molar-refractivity contribution in [3.63, 3.8) is 0 Å². The van der Waals surface area contributed by atoms with Crippen LogP contribution >= 0.6 is 0 Å². The second-order valence-electron chi connectivity index (χ2n) is 4.38. The number of carbonyl (C=O) groups excluding carboxylic acids is 1. The number of rotatable bonds is 5. The van der Waals surface area contributed by atoms with E-state index in [0.717, 1.165) is 12.8 Å². The Morgan fingerprint density at radius 1 is 1.44 bits per heavy atom. The number of carbonyl (C=O) groups is 1. The van der Waals surface area contributed by atoms with Gasteiger partial charge in [-0.05, 0) is 25.0 Å². The number of ether oxygens (including phenoxy) is 1. The molecule has 2 rings (SSSR count). The molecule has 0 atom stereocenters. The Balaban J connectivity index is 1.68. The predicted octanol–water partition coefficient (Wildman–Crippen LogP) is 1.91. The van der Waals surface area contributed by atoms with Gasteiger partial charge in [0.15, 0.2) is 0 Å². The summed E-state index contributed by atoms with van der Waals surface area (Å²) in [4.78, 5) is 15.1. The van der Waals surface area contributed by atoms with E-state index in [0.29, 0.717) is 19.3 Å². The van der Waals surface area contributed by atoms with Crippen molar-refractivity contribution in [3.8, 4) is 0 Å². The monoisotopic (exact) mass is 252 g/mol. The third kappa shape index (κ3) is 3.77. The number of nitrogens with one attached hydrogen (secondary N) is 1. The number of pyridine rings is 1. The summed E-state index contributed by atoms with van der Waals surface area (Å²) in [5, 5.41) is 2.66. The van der Waals surface area contributed by atoms with E-state index in [1.807, 2.05) is 0 Å². The van der Waals surface area contributed by atoms with Gasteiger partial charge in [0.1, 0.15) is 5.69 Å². The lowest BCUT2D eigenvalue weighted by Crippen LogP contribution is -2.29. The van der Waals surface area contributed by atoms with Crippen LogP contribution in [0.15, 0.2) is 18.2 Å². The topological polar surface area (TPSA) is 51.2 Å². The van der Waals surface area contributed by atoms with Crippen LogP contribution in [0.1, 0.15) is 36.2 Å². The van der Waals surface area contributed by atoms with Crippen molar-refractivity contribution in [3.05, 3.63) is 29.8 Å². The van der Waals surface area contributed by atoms with Gasteiger partial charge < -0.3 is 10.1 Å². The SMILES string of the molecule is O=C(NCCOC1CCCC1)c1cccc(F)n1. The second kappa shape index (κ2) is 6.44. The number of aromatic nitrogens is 1. The van der Waals surface area contributed by atoms with Gasteiger partial charge in [-0.15, -0.1) is 0 Å². The van der Waals surface area contributed by atoms with Gasteiger partial charge in [0.25, 0.3) is 5.91 Å². The summed E-state index contributed by atoms with van der Waals surface area (Å²) in [5.74, 6) is -1.02. The maximum Gasteiger partial charge on any atom is 0.270 e. The highest BCUT2D eigenvalue weighted by Crippen LogP contribution is 2.20. The molecule has 1 N–H and O–H groups in total. The van der Waals surface area contributed by atoms with Crippen LogP contribution in [0, 0.1) is 5.95 Å². The Labute approximate surface area is 106 Å². The molecule has 18 heavy (non-hydrogen) atoms. The number of nitrogens with zero attached hydrogens (tertiary/aromatic N) is 1. The van der Waals surface area contributed by atoms with Crippen LogP contribution in [-0.2, 0) is 4.74 Å². The van der Waals surface area contributed by atoms with Crippen LogP contribution in [0.2, 0.25) is 0 Å². The van der Waals surface area contributed by atoms with Gasteiger partial charge in [0.2, 0.25) is 5.95 Å². The number of hydrogen-bond donors (Lipinski definition) is 1. The van der Waals surface area contributed by atoms with Crippen LogP contribution in [-0.4, -0.2) is 30.1 Å². The summed E-state index contributed by atoms with van der Waals surface area (Å²) in [6.45, 7) is 0.916. The number of hydrogen-bond acceptors (Lipinski definition) is 3. The van der Waals surface area contributed by atoms with Gasteiger partial charge in [0, 0.05) is 6.54 Å². The fraction of sp³-hybridized carbons (Fsp3) is 0.538. The molecular formula is C13H17FN2O2. The zero-order valence-electron chi connectivity index (χ0n) is 10.2. The first-order valence-corrected chi connectivity index (χ1v) is 6.28. The van der Waals surface area contributed by atoms with Crippen LogP contribution < -0.4 is 5.32 Å². The van der Waals surface area contributed by atoms with E-state index in [9.17, 15) is 9.18 Å². The molecule has 1 saturated carbocycles. The van der Waals surface area contributed by atoms with Crippen molar-refractivity contribution in [2.24, 2.45) is 0 Å². The highest BCUT2D eigenvalue weighted by Gasteiger charge is 2.15.